The van der Waals surface area contributed by atoms with Crippen molar-refractivity contribution in [3.63, 3.8) is 0 Å². The molecule has 140 valence electrons. The number of hydrogen-bond acceptors (Lipinski definition) is 4. The molecule has 1 saturated heterocycles. The minimum absolute atomic E-state index is 0.290. The molecule has 0 saturated carbocycles. The second-order valence-electron chi connectivity index (χ2n) is 6.54. The molecule has 0 aliphatic carbocycles. The molecule has 0 bridgehead atoms. The van der Waals surface area contributed by atoms with Crippen molar-refractivity contribution in [1.29, 1.82) is 0 Å². The zero-order chi connectivity index (χ0) is 18.5. The van der Waals surface area contributed by atoms with Crippen LogP contribution in [0.15, 0.2) is 40.0 Å². The van der Waals surface area contributed by atoms with Gasteiger partial charge in [-0.2, -0.15) is 0 Å². The number of amides is 2. The lowest BCUT2D eigenvalue weighted by Gasteiger charge is -2.33. The number of likely N-dealkylation sites (tertiary alicyclic amines) is 1. The summed E-state index contributed by atoms with van der Waals surface area (Å²) >= 11 is 3.46. The van der Waals surface area contributed by atoms with Gasteiger partial charge < -0.3 is 15.4 Å². The lowest BCUT2D eigenvalue weighted by Crippen LogP contribution is -2.49. The lowest BCUT2D eigenvalue weighted by atomic mass is 9.95. The number of esters is 1. The van der Waals surface area contributed by atoms with E-state index in [-0.39, 0.29) is 6.03 Å². The first kappa shape index (κ1) is 18.9. The molecule has 2 heterocycles. The van der Waals surface area contributed by atoms with E-state index in [0.717, 1.165) is 36.0 Å². The van der Waals surface area contributed by atoms with Crippen LogP contribution in [0.2, 0.25) is 0 Å². The Morgan fingerprint density at radius 1 is 1.31 bits per heavy atom. The van der Waals surface area contributed by atoms with Gasteiger partial charge in [0.2, 0.25) is 0 Å². The number of urea groups is 1. The van der Waals surface area contributed by atoms with E-state index in [4.69, 9.17) is 4.74 Å². The molecule has 2 N–H and O–H groups in total. The predicted octanol–water partition coefficient (Wildman–Crippen LogP) is 3.11. The Morgan fingerprint density at radius 2 is 2.08 bits per heavy atom. The Bertz CT molecular complexity index is 714. The van der Waals surface area contributed by atoms with Crippen molar-refractivity contribution in [2.24, 2.45) is 0 Å². The second kappa shape index (κ2) is 8.68. The number of rotatable bonds is 5. The molecule has 1 aromatic carbocycles. The zero-order valence-corrected chi connectivity index (χ0v) is 16.5. The van der Waals surface area contributed by atoms with Gasteiger partial charge in [0, 0.05) is 16.7 Å². The smallest absolute Gasteiger partial charge is 0.338 e. The molecule has 0 aromatic heterocycles. The molecule has 1 atom stereocenters. The minimum atomic E-state index is -0.528. The summed E-state index contributed by atoms with van der Waals surface area (Å²) in [6.07, 6.45) is 3.52. The third-order valence-corrected chi connectivity index (χ3v) is 5.15. The van der Waals surface area contributed by atoms with Gasteiger partial charge in [-0.3, -0.25) is 4.90 Å². The Morgan fingerprint density at radius 3 is 2.77 bits per heavy atom. The molecule has 2 aliphatic heterocycles. The Kier molecular flexibility index (Phi) is 6.32. The van der Waals surface area contributed by atoms with E-state index in [1.165, 1.54) is 6.42 Å². The quantitative estimate of drug-likeness (QED) is 0.716. The molecule has 2 amide bonds. The van der Waals surface area contributed by atoms with Gasteiger partial charge in [0.25, 0.3) is 0 Å². The standard InChI is InChI=1S/C19H24BrN3O3/c1-2-26-18(24)16-15(12-23-9-4-3-5-10-23)21-19(25)22-17(16)13-7-6-8-14(20)11-13/h6-8,11,17H,2-5,9-10,12H2,1H3,(H2,21,22,25)/t17-/m1/s1. The molecule has 7 heteroatoms. The average molecular weight is 422 g/mol. The number of ether oxygens (including phenoxy) is 1. The summed E-state index contributed by atoms with van der Waals surface area (Å²) in [5, 5.41) is 5.71. The van der Waals surface area contributed by atoms with E-state index in [2.05, 4.69) is 31.5 Å². The average Bonchev–Trinajstić information content (AvgIpc) is 2.62. The number of benzene rings is 1. The largest absolute Gasteiger partial charge is 0.463 e. The molecule has 3 rings (SSSR count). The summed E-state index contributed by atoms with van der Waals surface area (Å²) in [4.78, 5) is 27.3. The van der Waals surface area contributed by atoms with Crippen LogP contribution in [0.5, 0.6) is 0 Å². The minimum Gasteiger partial charge on any atom is -0.463 e. The van der Waals surface area contributed by atoms with E-state index in [1.807, 2.05) is 24.3 Å². The van der Waals surface area contributed by atoms with Crippen LogP contribution < -0.4 is 10.6 Å². The van der Waals surface area contributed by atoms with Gasteiger partial charge in [-0.1, -0.05) is 34.5 Å². The number of carbonyl (C=O) groups excluding carboxylic acids is 2. The highest BCUT2D eigenvalue weighted by Crippen LogP contribution is 2.30. The number of piperidine rings is 1. The van der Waals surface area contributed by atoms with Gasteiger partial charge in [-0.15, -0.1) is 0 Å². The molecule has 1 fully saturated rings. The molecule has 26 heavy (non-hydrogen) atoms. The summed E-state index contributed by atoms with van der Waals surface area (Å²) in [6, 6.07) is 6.79. The lowest BCUT2D eigenvalue weighted by molar-refractivity contribution is -0.139. The van der Waals surface area contributed by atoms with Crippen LogP contribution in [0.25, 0.3) is 0 Å². The summed E-state index contributed by atoms with van der Waals surface area (Å²) in [5.74, 6) is -0.392. The van der Waals surface area contributed by atoms with Crippen LogP contribution in [0, 0.1) is 0 Å². The van der Waals surface area contributed by atoms with Gasteiger partial charge in [-0.05, 0) is 50.6 Å². The third-order valence-electron chi connectivity index (χ3n) is 4.66. The number of carbonyl (C=O) groups is 2. The molecule has 1 aromatic rings. The first-order chi connectivity index (χ1) is 12.6. The van der Waals surface area contributed by atoms with Crippen LogP contribution >= 0.6 is 15.9 Å². The first-order valence-electron chi connectivity index (χ1n) is 9.04. The van der Waals surface area contributed by atoms with Crippen molar-refractivity contribution in [2.75, 3.05) is 26.2 Å². The van der Waals surface area contributed by atoms with Gasteiger partial charge in [0.05, 0.1) is 18.2 Å². The van der Waals surface area contributed by atoms with Crippen molar-refractivity contribution in [1.82, 2.24) is 15.5 Å². The number of nitrogens with zero attached hydrogens (tertiary/aromatic N) is 1. The van der Waals surface area contributed by atoms with Crippen molar-refractivity contribution in [2.45, 2.75) is 32.2 Å². The highest BCUT2D eigenvalue weighted by molar-refractivity contribution is 9.10. The normalized spacial score (nSPS) is 21.2. The van der Waals surface area contributed by atoms with Gasteiger partial charge >= 0.3 is 12.0 Å². The van der Waals surface area contributed by atoms with E-state index >= 15 is 0 Å². The predicted molar refractivity (Wildman–Crippen MR) is 103 cm³/mol. The summed E-state index contributed by atoms with van der Waals surface area (Å²) in [6.45, 7) is 4.57. The van der Waals surface area contributed by atoms with E-state index < -0.39 is 12.0 Å². The number of hydrogen-bond donors (Lipinski definition) is 2. The van der Waals surface area contributed by atoms with Gasteiger partial charge in [0.1, 0.15) is 0 Å². The fraction of sp³-hybridized carbons (Fsp3) is 0.474. The van der Waals surface area contributed by atoms with Crippen molar-refractivity contribution >= 4 is 27.9 Å². The van der Waals surface area contributed by atoms with Crippen LogP contribution in [-0.4, -0.2) is 43.1 Å². The van der Waals surface area contributed by atoms with Crippen molar-refractivity contribution < 1.29 is 14.3 Å². The summed E-state index contributed by atoms with van der Waals surface area (Å²) in [7, 11) is 0. The van der Waals surface area contributed by atoms with Crippen LogP contribution in [0.1, 0.15) is 37.8 Å². The topological polar surface area (TPSA) is 70.7 Å². The zero-order valence-electron chi connectivity index (χ0n) is 14.9. The molecule has 2 aliphatic rings. The summed E-state index contributed by atoms with van der Waals surface area (Å²) in [5.41, 5.74) is 1.96. The highest BCUT2D eigenvalue weighted by Gasteiger charge is 2.34. The summed E-state index contributed by atoms with van der Waals surface area (Å²) < 4.78 is 6.19. The van der Waals surface area contributed by atoms with E-state index in [0.29, 0.717) is 24.4 Å². The third kappa shape index (κ3) is 4.45. The molecular weight excluding hydrogens is 398 g/mol. The monoisotopic (exact) mass is 421 g/mol. The number of nitrogens with one attached hydrogen (secondary N) is 2. The fourth-order valence-electron chi connectivity index (χ4n) is 3.47. The Labute approximate surface area is 162 Å². The van der Waals surface area contributed by atoms with Gasteiger partial charge in [0.15, 0.2) is 0 Å². The molecule has 0 radical (unpaired) electrons. The van der Waals surface area contributed by atoms with Crippen molar-refractivity contribution in [3.8, 4) is 0 Å². The first-order valence-corrected chi connectivity index (χ1v) is 9.83. The van der Waals surface area contributed by atoms with E-state index in [9.17, 15) is 9.59 Å². The van der Waals surface area contributed by atoms with E-state index in [1.54, 1.807) is 6.92 Å². The fourth-order valence-corrected chi connectivity index (χ4v) is 3.89. The Balaban J connectivity index is 1.98. The van der Waals surface area contributed by atoms with Gasteiger partial charge in [-0.25, -0.2) is 9.59 Å². The van der Waals surface area contributed by atoms with Crippen LogP contribution in [0.3, 0.4) is 0 Å². The van der Waals surface area contributed by atoms with Crippen molar-refractivity contribution in [3.05, 3.63) is 45.6 Å². The molecule has 0 unspecified atom stereocenters. The molecular formula is C19H24BrN3O3. The van der Waals surface area contributed by atoms with Crippen LogP contribution in [0.4, 0.5) is 4.79 Å². The maximum absolute atomic E-state index is 12.7. The van der Waals surface area contributed by atoms with Crippen LogP contribution in [-0.2, 0) is 9.53 Å². The second-order valence-corrected chi connectivity index (χ2v) is 7.45. The SMILES string of the molecule is CCOC(=O)C1=C(CN2CCCCC2)NC(=O)N[C@@H]1c1cccc(Br)c1. The Hall–Kier alpha value is -1.86. The molecule has 0 spiro atoms. The molecule has 6 nitrogen and oxygen atoms in total. The maximum Gasteiger partial charge on any atom is 0.338 e. The maximum atomic E-state index is 12.7. The number of halogens is 1. The highest BCUT2D eigenvalue weighted by atomic mass is 79.9.